The number of carbonyl (C=O) groups is 1. The molecule has 0 unspecified atom stereocenters. The molecule has 1 rings (SSSR count). The third-order valence-electron chi connectivity index (χ3n) is 3.06. The summed E-state index contributed by atoms with van der Waals surface area (Å²) in [6.45, 7) is 12.6. The summed E-state index contributed by atoms with van der Waals surface area (Å²) >= 11 is 0. The van der Waals surface area contributed by atoms with Gasteiger partial charge in [-0.1, -0.05) is 12.2 Å². The van der Waals surface area contributed by atoms with E-state index < -0.39 is 0 Å². The molecule has 0 heterocycles. The molecule has 0 aliphatic carbocycles. The van der Waals surface area contributed by atoms with Gasteiger partial charge >= 0.3 is 5.97 Å². The lowest BCUT2D eigenvalue weighted by Crippen LogP contribution is -2.08. The zero-order valence-electron chi connectivity index (χ0n) is 11.7. The third-order valence-corrected chi connectivity index (χ3v) is 3.06. The van der Waals surface area contributed by atoms with Gasteiger partial charge in [0.15, 0.2) is 0 Å². The average molecular weight is 248 g/mol. The third kappa shape index (κ3) is 2.73. The van der Waals surface area contributed by atoms with Gasteiger partial charge in [-0.05, 0) is 50.8 Å². The van der Waals surface area contributed by atoms with Gasteiger partial charge in [-0.2, -0.15) is 0 Å². The van der Waals surface area contributed by atoms with Crippen LogP contribution in [0.1, 0.15) is 36.1 Å². The zero-order chi connectivity index (χ0) is 14.0. The van der Waals surface area contributed by atoms with Crippen LogP contribution in [-0.4, -0.2) is 11.1 Å². The second kappa shape index (κ2) is 5.25. The molecule has 98 valence electrons. The van der Waals surface area contributed by atoms with E-state index in [1.165, 1.54) is 6.92 Å². The van der Waals surface area contributed by atoms with E-state index in [2.05, 4.69) is 6.58 Å². The minimum absolute atomic E-state index is 0.268. The lowest BCUT2D eigenvalue weighted by atomic mass is 9.94. The summed E-state index contributed by atoms with van der Waals surface area (Å²) in [5.41, 5.74) is 4.07. The zero-order valence-corrected chi connectivity index (χ0v) is 11.7. The molecule has 3 heteroatoms. The number of carbonyl (C=O) groups excluding carboxylic acids is 1. The molecule has 0 spiro atoms. The molecule has 0 atom stereocenters. The van der Waals surface area contributed by atoms with E-state index in [4.69, 9.17) is 4.74 Å². The van der Waals surface area contributed by atoms with Gasteiger partial charge in [0.05, 0.1) is 0 Å². The van der Waals surface area contributed by atoms with Crippen LogP contribution < -0.4 is 4.74 Å². The van der Waals surface area contributed by atoms with Crippen LogP contribution in [0.5, 0.6) is 11.5 Å². The molecule has 1 aromatic carbocycles. The maximum Gasteiger partial charge on any atom is 0.308 e. The largest absolute Gasteiger partial charge is 0.507 e. The normalized spacial score (nSPS) is 10.3. The van der Waals surface area contributed by atoms with Crippen LogP contribution in [0.2, 0.25) is 0 Å². The highest BCUT2D eigenvalue weighted by molar-refractivity contribution is 5.72. The van der Waals surface area contributed by atoms with Crippen molar-refractivity contribution in [2.24, 2.45) is 0 Å². The van der Waals surface area contributed by atoms with Gasteiger partial charge in [-0.3, -0.25) is 4.79 Å². The summed E-state index contributed by atoms with van der Waals surface area (Å²) < 4.78 is 5.25. The molecule has 3 nitrogen and oxygen atoms in total. The van der Waals surface area contributed by atoms with Gasteiger partial charge < -0.3 is 9.84 Å². The van der Waals surface area contributed by atoms with Crippen molar-refractivity contribution >= 4 is 5.97 Å². The van der Waals surface area contributed by atoms with Gasteiger partial charge in [0.1, 0.15) is 11.5 Å². The number of benzene rings is 1. The fraction of sp³-hybridized carbons (Fsp3) is 0.400. The molecule has 0 saturated carbocycles. The number of phenols is 1. The van der Waals surface area contributed by atoms with E-state index in [0.29, 0.717) is 12.2 Å². The summed E-state index contributed by atoms with van der Waals surface area (Å²) in [4.78, 5) is 11.1. The predicted molar refractivity (Wildman–Crippen MR) is 72.1 cm³/mol. The smallest absolute Gasteiger partial charge is 0.308 e. The molecule has 18 heavy (non-hydrogen) atoms. The van der Waals surface area contributed by atoms with Crippen LogP contribution in [0.4, 0.5) is 0 Å². The molecular formula is C15H20O3. The highest BCUT2D eigenvalue weighted by Crippen LogP contribution is 2.38. The summed E-state index contributed by atoms with van der Waals surface area (Å²) in [6.07, 6.45) is 0.576. The van der Waals surface area contributed by atoms with Gasteiger partial charge in [0, 0.05) is 12.5 Å². The van der Waals surface area contributed by atoms with Crippen molar-refractivity contribution in [3.05, 3.63) is 34.4 Å². The van der Waals surface area contributed by atoms with Gasteiger partial charge in [0.2, 0.25) is 0 Å². The van der Waals surface area contributed by atoms with E-state index >= 15 is 0 Å². The fourth-order valence-corrected chi connectivity index (χ4v) is 1.99. The summed E-state index contributed by atoms with van der Waals surface area (Å²) in [5.74, 6) is 0.463. The molecule has 0 saturated heterocycles. The lowest BCUT2D eigenvalue weighted by Gasteiger charge is -2.18. The second-order valence-corrected chi connectivity index (χ2v) is 4.76. The number of phenolic OH excluding ortho intramolecular Hbond substituents is 1. The molecule has 0 amide bonds. The van der Waals surface area contributed by atoms with Crippen molar-refractivity contribution in [2.75, 3.05) is 0 Å². The molecule has 1 aromatic rings. The molecule has 1 N–H and O–H groups in total. The Morgan fingerprint density at radius 1 is 1.17 bits per heavy atom. The van der Waals surface area contributed by atoms with E-state index in [0.717, 1.165) is 27.8 Å². The van der Waals surface area contributed by atoms with Crippen LogP contribution in [0, 0.1) is 20.8 Å². The first-order valence-electron chi connectivity index (χ1n) is 5.90. The Hall–Kier alpha value is -1.77. The van der Waals surface area contributed by atoms with Crippen molar-refractivity contribution in [3.63, 3.8) is 0 Å². The summed E-state index contributed by atoms with van der Waals surface area (Å²) in [5, 5.41) is 10.2. The van der Waals surface area contributed by atoms with Crippen LogP contribution in [-0.2, 0) is 11.2 Å². The minimum atomic E-state index is -0.354. The number of rotatable bonds is 3. The number of esters is 1. The van der Waals surface area contributed by atoms with Gasteiger partial charge in [0.25, 0.3) is 0 Å². The van der Waals surface area contributed by atoms with E-state index in [9.17, 15) is 9.90 Å². The molecule has 0 fully saturated rings. The predicted octanol–water partition coefficient (Wildman–Crippen LogP) is 3.36. The molecule has 0 aromatic heterocycles. The van der Waals surface area contributed by atoms with Crippen molar-refractivity contribution in [2.45, 2.75) is 41.0 Å². The van der Waals surface area contributed by atoms with Crippen LogP contribution in [0.15, 0.2) is 12.2 Å². The molecule has 0 aliphatic rings. The average Bonchev–Trinajstić information content (AvgIpc) is 2.27. The molecule has 0 radical (unpaired) electrons. The molecular weight excluding hydrogens is 228 g/mol. The Labute approximate surface area is 108 Å². The standard InChI is InChI=1S/C15H20O3/c1-8(2)7-13-11(5)15(18-12(6)16)10(4)9(3)14(13)17/h17H,1,7H2,2-6H3. The van der Waals surface area contributed by atoms with E-state index in [1.807, 2.05) is 27.7 Å². The fourth-order valence-electron chi connectivity index (χ4n) is 1.99. The quantitative estimate of drug-likeness (QED) is 0.507. The Bertz CT molecular complexity index is 470. The number of ether oxygens (including phenoxy) is 1. The monoisotopic (exact) mass is 248 g/mol. The Kier molecular flexibility index (Phi) is 4.17. The number of allylic oxidation sites excluding steroid dienone is 1. The van der Waals surface area contributed by atoms with Crippen LogP contribution in [0.25, 0.3) is 0 Å². The molecule has 0 bridgehead atoms. The maximum absolute atomic E-state index is 11.1. The van der Waals surface area contributed by atoms with Crippen molar-refractivity contribution < 1.29 is 14.6 Å². The van der Waals surface area contributed by atoms with Gasteiger partial charge in [-0.15, -0.1) is 0 Å². The van der Waals surface area contributed by atoms with E-state index in [-0.39, 0.29) is 11.7 Å². The lowest BCUT2D eigenvalue weighted by molar-refractivity contribution is -0.131. The Morgan fingerprint density at radius 2 is 1.72 bits per heavy atom. The van der Waals surface area contributed by atoms with Crippen molar-refractivity contribution in [3.8, 4) is 11.5 Å². The van der Waals surface area contributed by atoms with Crippen molar-refractivity contribution in [1.82, 2.24) is 0 Å². The first kappa shape index (κ1) is 14.3. The minimum Gasteiger partial charge on any atom is -0.507 e. The van der Waals surface area contributed by atoms with Crippen LogP contribution in [0.3, 0.4) is 0 Å². The number of hydrogen-bond donors (Lipinski definition) is 1. The first-order valence-corrected chi connectivity index (χ1v) is 5.90. The highest BCUT2D eigenvalue weighted by atomic mass is 16.5. The SMILES string of the molecule is C=C(C)Cc1c(C)c(OC(C)=O)c(C)c(C)c1O. The summed E-state index contributed by atoms with van der Waals surface area (Å²) in [7, 11) is 0. The second-order valence-electron chi connectivity index (χ2n) is 4.76. The maximum atomic E-state index is 11.1. The molecule has 0 aliphatic heterocycles. The Morgan fingerprint density at radius 3 is 2.17 bits per heavy atom. The van der Waals surface area contributed by atoms with E-state index in [1.54, 1.807) is 0 Å². The first-order chi connectivity index (χ1) is 8.25. The van der Waals surface area contributed by atoms with Crippen molar-refractivity contribution in [1.29, 1.82) is 0 Å². The van der Waals surface area contributed by atoms with Gasteiger partial charge in [-0.25, -0.2) is 0 Å². The summed E-state index contributed by atoms with van der Waals surface area (Å²) in [6, 6.07) is 0. The topological polar surface area (TPSA) is 46.5 Å². The van der Waals surface area contributed by atoms with Crippen LogP contribution >= 0.6 is 0 Å². The Balaban J connectivity index is 3.48. The number of aromatic hydroxyl groups is 1. The number of hydrogen-bond acceptors (Lipinski definition) is 3. The highest BCUT2D eigenvalue weighted by Gasteiger charge is 2.18.